The summed E-state index contributed by atoms with van der Waals surface area (Å²) >= 11 is 0. The molecular formula is C15H27N3O2. The molecule has 2 rings (SSSR count). The van der Waals surface area contributed by atoms with Crippen molar-refractivity contribution in [2.45, 2.75) is 52.1 Å². The molecule has 2 aliphatic heterocycles. The van der Waals surface area contributed by atoms with Crippen LogP contribution in [0.2, 0.25) is 0 Å². The van der Waals surface area contributed by atoms with E-state index in [2.05, 4.69) is 26.1 Å². The highest BCUT2D eigenvalue weighted by Gasteiger charge is 2.41. The Morgan fingerprint density at radius 3 is 2.60 bits per heavy atom. The summed E-state index contributed by atoms with van der Waals surface area (Å²) in [7, 11) is 1.92. The van der Waals surface area contributed by atoms with Crippen LogP contribution in [-0.4, -0.2) is 60.4 Å². The Labute approximate surface area is 121 Å². The predicted octanol–water partition coefficient (Wildman–Crippen LogP) is 0.844. The Bertz CT molecular complexity index is 389. The van der Waals surface area contributed by atoms with E-state index in [-0.39, 0.29) is 35.9 Å². The lowest BCUT2D eigenvalue weighted by atomic mass is 9.86. The second-order valence-corrected chi connectivity index (χ2v) is 7.02. The maximum absolute atomic E-state index is 12.6. The molecule has 0 spiro atoms. The first kappa shape index (κ1) is 15.3. The van der Waals surface area contributed by atoms with Gasteiger partial charge in [0.25, 0.3) is 0 Å². The number of fused-ring (bicyclic) bond motifs is 1. The number of carbonyl (C=O) groups excluding carboxylic acids is 2. The highest BCUT2D eigenvalue weighted by atomic mass is 16.2. The third kappa shape index (κ3) is 2.97. The van der Waals surface area contributed by atoms with Crippen LogP contribution in [0.25, 0.3) is 0 Å². The number of hydrogen-bond acceptors (Lipinski definition) is 3. The molecule has 0 radical (unpaired) electrons. The molecule has 0 aromatic heterocycles. The van der Waals surface area contributed by atoms with E-state index in [9.17, 15) is 9.59 Å². The average Bonchev–Trinajstić information content (AvgIpc) is 2.40. The number of nitrogens with one attached hydrogen (secondary N) is 1. The Balaban J connectivity index is 2.09. The monoisotopic (exact) mass is 281 g/mol. The van der Waals surface area contributed by atoms with Crippen LogP contribution in [0.1, 0.15) is 40.0 Å². The van der Waals surface area contributed by atoms with E-state index in [1.54, 1.807) is 9.80 Å². The lowest BCUT2D eigenvalue weighted by Crippen LogP contribution is -2.63. The van der Waals surface area contributed by atoms with Crippen LogP contribution < -0.4 is 5.32 Å². The fourth-order valence-corrected chi connectivity index (χ4v) is 3.20. The summed E-state index contributed by atoms with van der Waals surface area (Å²) in [5.74, 6) is 0.242. The largest absolute Gasteiger partial charge is 0.330 e. The van der Waals surface area contributed by atoms with Gasteiger partial charge in [0.15, 0.2) is 0 Å². The Morgan fingerprint density at radius 1 is 1.30 bits per heavy atom. The van der Waals surface area contributed by atoms with E-state index in [4.69, 9.17) is 0 Å². The van der Waals surface area contributed by atoms with Crippen molar-refractivity contribution in [1.29, 1.82) is 0 Å². The molecule has 2 amide bonds. The van der Waals surface area contributed by atoms with Gasteiger partial charge in [0.05, 0.1) is 6.54 Å². The molecule has 2 fully saturated rings. The van der Waals surface area contributed by atoms with Crippen LogP contribution in [0, 0.1) is 5.41 Å². The van der Waals surface area contributed by atoms with Crippen molar-refractivity contribution in [3.05, 3.63) is 0 Å². The molecule has 2 saturated heterocycles. The van der Waals surface area contributed by atoms with Crippen LogP contribution in [-0.2, 0) is 9.59 Å². The Kier molecular flexibility index (Phi) is 4.37. The molecule has 2 heterocycles. The summed E-state index contributed by atoms with van der Waals surface area (Å²) in [6, 6.07) is -0.0168. The van der Waals surface area contributed by atoms with E-state index >= 15 is 0 Å². The van der Waals surface area contributed by atoms with E-state index in [0.29, 0.717) is 6.54 Å². The molecule has 0 bridgehead atoms. The summed E-state index contributed by atoms with van der Waals surface area (Å²) in [6.45, 7) is 8.04. The number of hydrogen-bond donors (Lipinski definition) is 1. The number of nitrogens with zero attached hydrogens (tertiary/aromatic N) is 2. The molecule has 2 atom stereocenters. The minimum Gasteiger partial charge on any atom is -0.330 e. The summed E-state index contributed by atoms with van der Waals surface area (Å²) in [5, 5.41) is 3.28. The van der Waals surface area contributed by atoms with Crippen molar-refractivity contribution in [2.24, 2.45) is 5.41 Å². The van der Waals surface area contributed by atoms with Gasteiger partial charge in [-0.25, -0.2) is 0 Å². The molecule has 5 nitrogen and oxygen atoms in total. The Morgan fingerprint density at radius 2 is 2.00 bits per heavy atom. The molecule has 2 aliphatic rings. The minimum absolute atomic E-state index is 0.0573. The van der Waals surface area contributed by atoms with Crippen LogP contribution in [0.5, 0.6) is 0 Å². The van der Waals surface area contributed by atoms with Crippen molar-refractivity contribution in [1.82, 2.24) is 15.1 Å². The van der Waals surface area contributed by atoms with Gasteiger partial charge < -0.3 is 15.1 Å². The van der Waals surface area contributed by atoms with Crippen molar-refractivity contribution >= 4 is 11.8 Å². The van der Waals surface area contributed by atoms with Gasteiger partial charge in [-0.3, -0.25) is 9.59 Å². The van der Waals surface area contributed by atoms with Gasteiger partial charge in [0.1, 0.15) is 6.04 Å². The number of rotatable bonds is 3. The summed E-state index contributed by atoms with van der Waals surface area (Å²) in [5.41, 5.74) is 0.0573. The van der Waals surface area contributed by atoms with Crippen LogP contribution in [0.4, 0.5) is 0 Å². The SMILES string of the molecule is CNC(CN1CC(=O)N2CCCCC2C1=O)C(C)(C)C. The number of amides is 2. The number of likely N-dealkylation sites (N-methyl/N-ethyl adjacent to an activating group) is 1. The topological polar surface area (TPSA) is 52.7 Å². The first-order valence-electron chi connectivity index (χ1n) is 7.60. The zero-order valence-corrected chi connectivity index (χ0v) is 13.1. The zero-order valence-electron chi connectivity index (χ0n) is 13.1. The van der Waals surface area contributed by atoms with E-state index in [1.807, 2.05) is 7.05 Å². The highest BCUT2D eigenvalue weighted by molar-refractivity contribution is 5.95. The third-order valence-electron chi connectivity index (χ3n) is 4.54. The fourth-order valence-electron chi connectivity index (χ4n) is 3.20. The van der Waals surface area contributed by atoms with E-state index < -0.39 is 0 Å². The van der Waals surface area contributed by atoms with Crippen molar-refractivity contribution < 1.29 is 9.59 Å². The molecule has 114 valence electrons. The van der Waals surface area contributed by atoms with E-state index in [1.165, 1.54) is 0 Å². The maximum atomic E-state index is 12.6. The van der Waals surface area contributed by atoms with Crippen LogP contribution in [0.15, 0.2) is 0 Å². The highest BCUT2D eigenvalue weighted by Crippen LogP contribution is 2.25. The smallest absolute Gasteiger partial charge is 0.245 e. The normalized spacial score (nSPS) is 25.7. The lowest BCUT2D eigenvalue weighted by Gasteiger charge is -2.44. The molecule has 0 aliphatic carbocycles. The standard InChI is InChI=1S/C15H27N3O2/c1-15(2,3)12(16-4)9-17-10-13(19)18-8-6-5-7-11(18)14(17)20/h11-12,16H,5-10H2,1-4H3. The van der Waals surface area contributed by atoms with E-state index in [0.717, 1.165) is 25.8 Å². The van der Waals surface area contributed by atoms with Crippen molar-refractivity contribution in [3.63, 3.8) is 0 Å². The lowest BCUT2D eigenvalue weighted by molar-refractivity contribution is -0.158. The molecule has 5 heteroatoms. The summed E-state index contributed by atoms with van der Waals surface area (Å²) in [6.07, 6.45) is 2.89. The molecule has 1 N–H and O–H groups in total. The molecular weight excluding hydrogens is 254 g/mol. The molecule has 2 unspecified atom stereocenters. The average molecular weight is 281 g/mol. The molecule has 0 aromatic rings. The van der Waals surface area contributed by atoms with Gasteiger partial charge in [0, 0.05) is 19.1 Å². The third-order valence-corrected chi connectivity index (χ3v) is 4.54. The summed E-state index contributed by atoms with van der Waals surface area (Å²) in [4.78, 5) is 28.3. The predicted molar refractivity (Wildman–Crippen MR) is 78.2 cm³/mol. The van der Waals surface area contributed by atoms with Crippen LogP contribution >= 0.6 is 0 Å². The van der Waals surface area contributed by atoms with Gasteiger partial charge >= 0.3 is 0 Å². The molecule has 20 heavy (non-hydrogen) atoms. The molecule has 0 aromatic carbocycles. The first-order chi connectivity index (χ1) is 9.34. The number of piperazine rings is 1. The minimum atomic E-state index is -0.206. The number of carbonyl (C=O) groups is 2. The number of piperidine rings is 1. The first-order valence-corrected chi connectivity index (χ1v) is 7.60. The maximum Gasteiger partial charge on any atom is 0.245 e. The summed E-state index contributed by atoms with van der Waals surface area (Å²) < 4.78 is 0. The van der Waals surface area contributed by atoms with Crippen LogP contribution in [0.3, 0.4) is 0 Å². The second kappa shape index (κ2) is 5.72. The Hall–Kier alpha value is -1.10. The van der Waals surface area contributed by atoms with Gasteiger partial charge in [-0.05, 0) is 31.7 Å². The second-order valence-electron chi connectivity index (χ2n) is 7.02. The quantitative estimate of drug-likeness (QED) is 0.834. The zero-order chi connectivity index (χ0) is 14.9. The van der Waals surface area contributed by atoms with Crippen molar-refractivity contribution in [3.8, 4) is 0 Å². The van der Waals surface area contributed by atoms with Gasteiger partial charge in [0.2, 0.25) is 11.8 Å². The molecule has 0 saturated carbocycles. The van der Waals surface area contributed by atoms with Gasteiger partial charge in [-0.1, -0.05) is 20.8 Å². The van der Waals surface area contributed by atoms with Crippen molar-refractivity contribution in [2.75, 3.05) is 26.7 Å². The van der Waals surface area contributed by atoms with Gasteiger partial charge in [-0.2, -0.15) is 0 Å². The fraction of sp³-hybridized carbons (Fsp3) is 0.867. The van der Waals surface area contributed by atoms with Gasteiger partial charge in [-0.15, -0.1) is 0 Å².